The molecule has 1 heterocycles. The summed E-state index contributed by atoms with van der Waals surface area (Å²) in [7, 11) is 1.55. The summed E-state index contributed by atoms with van der Waals surface area (Å²) in [5, 5.41) is 5.78. The fourth-order valence-electron chi connectivity index (χ4n) is 2.19. The van der Waals surface area contributed by atoms with Crippen LogP contribution < -0.4 is 21.1 Å². The average molecular weight is 343 g/mol. The van der Waals surface area contributed by atoms with Crippen LogP contribution in [0.3, 0.4) is 0 Å². The first-order valence-electron chi connectivity index (χ1n) is 7.31. The number of hydrogen-bond donors (Lipinski definition) is 3. The van der Waals surface area contributed by atoms with Gasteiger partial charge in [-0.05, 0) is 24.3 Å². The second-order valence-corrected chi connectivity index (χ2v) is 5.06. The number of rotatable bonds is 5. The molecule has 0 spiro atoms. The molecule has 25 heavy (non-hydrogen) atoms. The van der Waals surface area contributed by atoms with Gasteiger partial charge in [0, 0.05) is 6.07 Å². The lowest BCUT2D eigenvalue weighted by Gasteiger charge is -2.14. The van der Waals surface area contributed by atoms with Gasteiger partial charge >= 0.3 is 0 Å². The first-order valence-corrected chi connectivity index (χ1v) is 7.31. The fraction of sp³-hybridized carbons (Fsp3) is 0.0588. The maximum atomic E-state index is 13.8. The first kappa shape index (κ1) is 16.4. The second kappa shape index (κ2) is 7.00. The third-order valence-electron chi connectivity index (χ3n) is 3.43. The van der Waals surface area contributed by atoms with E-state index in [0.717, 1.165) is 12.1 Å². The van der Waals surface area contributed by atoms with Crippen molar-refractivity contribution in [1.82, 2.24) is 9.97 Å². The number of para-hydroxylation sites is 2. The van der Waals surface area contributed by atoms with Gasteiger partial charge in [-0.2, -0.15) is 0 Å². The molecular formula is C17H15F2N5O. The van der Waals surface area contributed by atoms with Crippen LogP contribution in [-0.2, 0) is 0 Å². The Morgan fingerprint density at radius 1 is 0.960 bits per heavy atom. The van der Waals surface area contributed by atoms with E-state index in [1.54, 1.807) is 19.2 Å². The Hall–Kier alpha value is -3.42. The van der Waals surface area contributed by atoms with Gasteiger partial charge in [-0.15, -0.1) is 0 Å². The Balaban J connectivity index is 1.89. The number of methoxy groups -OCH3 is 1. The number of halogens is 2. The highest BCUT2D eigenvalue weighted by atomic mass is 19.1. The number of aromatic nitrogens is 2. The molecule has 0 radical (unpaired) electrons. The number of benzene rings is 2. The van der Waals surface area contributed by atoms with Crippen LogP contribution in [0.1, 0.15) is 0 Å². The van der Waals surface area contributed by atoms with Gasteiger partial charge in [0.1, 0.15) is 29.4 Å². The molecule has 0 atom stereocenters. The fourth-order valence-corrected chi connectivity index (χ4v) is 2.19. The van der Waals surface area contributed by atoms with E-state index < -0.39 is 11.6 Å². The highest BCUT2D eigenvalue weighted by Crippen LogP contribution is 2.32. The molecule has 1 aromatic heterocycles. The normalized spacial score (nSPS) is 10.4. The molecule has 0 amide bonds. The van der Waals surface area contributed by atoms with E-state index in [4.69, 9.17) is 10.5 Å². The summed E-state index contributed by atoms with van der Waals surface area (Å²) in [5.41, 5.74) is 6.95. The van der Waals surface area contributed by atoms with Crippen LogP contribution >= 0.6 is 0 Å². The highest BCUT2D eigenvalue weighted by molar-refractivity contribution is 5.81. The van der Waals surface area contributed by atoms with Crippen molar-refractivity contribution in [2.75, 3.05) is 23.5 Å². The van der Waals surface area contributed by atoms with Crippen molar-refractivity contribution in [3.05, 3.63) is 60.4 Å². The van der Waals surface area contributed by atoms with Gasteiger partial charge in [0.15, 0.2) is 11.6 Å². The average Bonchev–Trinajstić information content (AvgIpc) is 2.61. The van der Waals surface area contributed by atoms with Crippen molar-refractivity contribution in [1.29, 1.82) is 0 Å². The summed E-state index contributed by atoms with van der Waals surface area (Å²) in [6.45, 7) is 0. The van der Waals surface area contributed by atoms with Gasteiger partial charge in [0.25, 0.3) is 0 Å². The molecule has 0 aliphatic rings. The number of nitrogens with zero attached hydrogens (tertiary/aromatic N) is 2. The van der Waals surface area contributed by atoms with E-state index in [2.05, 4.69) is 20.6 Å². The molecule has 3 aromatic rings. The zero-order chi connectivity index (χ0) is 17.8. The second-order valence-electron chi connectivity index (χ2n) is 5.06. The van der Waals surface area contributed by atoms with Gasteiger partial charge < -0.3 is 21.1 Å². The minimum atomic E-state index is -0.753. The molecule has 0 unspecified atom stereocenters. The SMILES string of the molecule is COc1ccccc1Nc1ncnc(Nc2ccc(F)cc2F)c1N. The van der Waals surface area contributed by atoms with E-state index in [9.17, 15) is 8.78 Å². The van der Waals surface area contributed by atoms with Gasteiger partial charge in [-0.25, -0.2) is 18.7 Å². The summed E-state index contributed by atoms with van der Waals surface area (Å²) < 4.78 is 32.1. The van der Waals surface area contributed by atoms with Gasteiger partial charge in [-0.1, -0.05) is 12.1 Å². The molecule has 128 valence electrons. The van der Waals surface area contributed by atoms with Crippen molar-refractivity contribution in [3.63, 3.8) is 0 Å². The zero-order valence-electron chi connectivity index (χ0n) is 13.3. The molecule has 2 aromatic carbocycles. The number of nitrogens with two attached hydrogens (primary N) is 1. The Kier molecular flexibility index (Phi) is 4.60. The van der Waals surface area contributed by atoms with Crippen LogP contribution in [0.5, 0.6) is 5.75 Å². The summed E-state index contributed by atoms with van der Waals surface area (Å²) in [6.07, 6.45) is 1.28. The Bertz CT molecular complexity index is 904. The molecular weight excluding hydrogens is 328 g/mol. The molecule has 0 fully saturated rings. The van der Waals surface area contributed by atoms with Crippen molar-refractivity contribution in [2.24, 2.45) is 0 Å². The largest absolute Gasteiger partial charge is 0.495 e. The third-order valence-corrected chi connectivity index (χ3v) is 3.43. The van der Waals surface area contributed by atoms with Gasteiger partial charge in [0.2, 0.25) is 0 Å². The molecule has 0 saturated heterocycles. The minimum absolute atomic E-state index is 0.0510. The molecule has 0 aliphatic heterocycles. The van der Waals surface area contributed by atoms with E-state index in [1.807, 2.05) is 12.1 Å². The maximum absolute atomic E-state index is 13.8. The van der Waals surface area contributed by atoms with E-state index >= 15 is 0 Å². The number of nitrogen functional groups attached to an aromatic ring is 1. The van der Waals surface area contributed by atoms with Crippen LogP contribution in [0, 0.1) is 11.6 Å². The van der Waals surface area contributed by atoms with Crippen LogP contribution in [0.15, 0.2) is 48.8 Å². The lowest BCUT2D eigenvalue weighted by molar-refractivity contribution is 0.417. The van der Waals surface area contributed by atoms with Gasteiger partial charge in [-0.3, -0.25) is 0 Å². The molecule has 0 saturated carbocycles. The van der Waals surface area contributed by atoms with Gasteiger partial charge in [0.05, 0.1) is 18.5 Å². The van der Waals surface area contributed by atoms with E-state index in [-0.39, 0.29) is 17.2 Å². The van der Waals surface area contributed by atoms with Crippen LogP contribution in [0.2, 0.25) is 0 Å². The molecule has 8 heteroatoms. The summed E-state index contributed by atoms with van der Waals surface area (Å²) in [6, 6.07) is 10.4. The predicted molar refractivity (Wildman–Crippen MR) is 92.4 cm³/mol. The Morgan fingerprint density at radius 3 is 2.32 bits per heavy atom. The Labute approximate surface area is 142 Å². The molecule has 0 bridgehead atoms. The van der Waals surface area contributed by atoms with Crippen molar-refractivity contribution in [2.45, 2.75) is 0 Å². The molecule has 0 aliphatic carbocycles. The highest BCUT2D eigenvalue weighted by Gasteiger charge is 2.12. The molecule has 6 nitrogen and oxygen atoms in total. The first-order chi connectivity index (χ1) is 12.1. The van der Waals surface area contributed by atoms with E-state index in [0.29, 0.717) is 17.3 Å². The summed E-state index contributed by atoms with van der Waals surface area (Å²) >= 11 is 0. The van der Waals surface area contributed by atoms with Crippen molar-refractivity contribution in [3.8, 4) is 5.75 Å². The standard InChI is InChI=1S/C17H15F2N5O/c1-25-14-5-3-2-4-13(14)24-17-15(20)16(21-9-22-17)23-12-7-6-10(18)8-11(12)19/h2-9H,20H2,1H3,(H2,21,22,23,24). The summed E-state index contributed by atoms with van der Waals surface area (Å²) in [5.74, 6) is -0.295. The third kappa shape index (κ3) is 3.57. The molecule has 3 rings (SSSR count). The number of nitrogens with one attached hydrogen (secondary N) is 2. The number of ether oxygens (including phenoxy) is 1. The lowest BCUT2D eigenvalue weighted by atomic mass is 10.2. The quantitative estimate of drug-likeness (QED) is 0.653. The summed E-state index contributed by atoms with van der Waals surface area (Å²) in [4.78, 5) is 8.09. The van der Waals surface area contributed by atoms with Crippen molar-refractivity contribution < 1.29 is 13.5 Å². The minimum Gasteiger partial charge on any atom is -0.495 e. The van der Waals surface area contributed by atoms with Crippen molar-refractivity contribution >= 4 is 28.7 Å². The topological polar surface area (TPSA) is 85.1 Å². The van der Waals surface area contributed by atoms with Crippen LogP contribution in [0.4, 0.5) is 37.5 Å². The molecule has 4 N–H and O–H groups in total. The predicted octanol–water partition coefficient (Wildman–Crippen LogP) is 3.83. The lowest BCUT2D eigenvalue weighted by Crippen LogP contribution is -2.06. The maximum Gasteiger partial charge on any atom is 0.159 e. The zero-order valence-corrected chi connectivity index (χ0v) is 13.3. The number of anilines is 5. The van der Waals surface area contributed by atoms with Crippen LogP contribution in [-0.4, -0.2) is 17.1 Å². The smallest absolute Gasteiger partial charge is 0.159 e. The van der Waals surface area contributed by atoms with Crippen LogP contribution in [0.25, 0.3) is 0 Å². The number of hydrogen-bond acceptors (Lipinski definition) is 6. The monoisotopic (exact) mass is 343 g/mol. The Morgan fingerprint density at radius 2 is 1.64 bits per heavy atom. The van der Waals surface area contributed by atoms with E-state index in [1.165, 1.54) is 12.4 Å².